The molecule has 4 rings (SSSR count). The highest BCUT2D eigenvalue weighted by Gasteiger charge is 2.36. The Morgan fingerprint density at radius 3 is 2.12 bits per heavy atom. The van der Waals surface area contributed by atoms with Crippen LogP contribution >= 0.6 is 23.2 Å². The Morgan fingerprint density at radius 1 is 1.00 bits per heavy atom. The van der Waals surface area contributed by atoms with Crippen molar-refractivity contribution in [1.82, 2.24) is 20.6 Å². The lowest BCUT2D eigenvalue weighted by molar-refractivity contribution is 0.623. The lowest BCUT2D eigenvalue weighted by Crippen LogP contribution is -2.34. The number of hydrogen-bond acceptors (Lipinski definition) is 4. The smallest absolute Gasteiger partial charge is 0.150 e. The molecule has 0 saturated heterocycles. The summed E-state index contributed by atoms with van der Waals surface area (Å²) in [4.78, 5) is 2.28. The van der Waals surface area contributed by atoms with Crippen LogP contribution in [-0.4, -0.2) is 27.2 Å². The maximum Gasteiger partial charge on any atom is 0.150 e. The van der Waals surface area contributed by atoms with E-state index in [2.05, 4.69) is 51.5 Å². The number of fused-ring (bicyclic) bond motifs is 2. The Hall–Kier alpha value is -2.11. The van der Waals surface area contributed by atoms with Gasteiger partial charge in [-0.25, -0.2) is 5.10 Å². The average molecular weight is 374 g/mol. The Morgan fingerprint density at radius 2 is 1.60 bits per heavy atom. The number of aromatic amines is 1. The summed E-state index contributed by atoms with van der Waals surface area (Å²) in [6.45, 7) is 5.15. The van der Waals surface area contributed by atoms with Crippen molar-refractivity contribution in [2.24, 2.45) is 0 Å². The van der Waals surface area contributed by atoms with E-state index in [1.54, 1.807) is 0 Å². The summed E-state index contributed by atoms with van der Waals surface area (Å²) in [5.74, 6) is 0.760. The largest absolute Gasteiger partial charge is 0.341 e. The van der Waals surface area contributed by atoms with Gasteiger partial charge in [-0.15, -0.1) is 5.10 Å². The fourth-order valence-corrected chi connectivity index (χ4v) is 3.85. The summed E-state index contributed by atoms with van der Waals surface area (Å²) >= 11 is 12.6. The molecule has 0 bridgehead atoms. The second-order valence-corrected chi connectivity index (χ2v) is 7.57. The predicted molar refractivity (Wildman–Crippen MR) is 99.9 cm³/mol. The normalized spacial score (nSPS) is 15.0. The molecule has 0 radical (unpaired) electrons. The minimum absolute atomic E-state index is 0.190. The minimum atomic E-state index is -0.190. The quantitative estimate of drug-likeness (QED) is 0.732. The van der Waals surface area contributed by atoms with Crippen molar-refractivity contribution in [1.29, 1.82) is 0 Å². The molecule has 128 valence electrons. The second kappa shape index (κ2) is 6.00. The van der Waals surface area contributed by atoms with Gasteiger partial charge >= 0.3 is 0 Å². The molecular weight excluding hydrogens is 357 g/mol. The molecule has 0 unspecified atom stereocenters. The van der Waals surface area contributed by atoms with E-state index in [1.165, 1.54) is 11.1 Å². The SMILES string of the molecule is CC1(C)c2cc(Cl)ccc2N(CCc2nnn[nH]2)c2ccc(Cl)cc21. The van der Waals surface area contributed by atoms with Crippen LogP contribution in [0.1, 0.15) is 30.8 Å². The highest BCUT2D eigenvalue weighted by Crippen LogP contribution is 2.50. The fraction of sp³-hybridized carbons (Fsp3) is 0.278. The average Bonchev–Trinajstić information content (AvgIpc) is 3.09. The zero-order chi connectivity index (χ0) is 17.6. The molecule has 25 heavy (non-hydrogen) atoms. The number of nitrogens with zero attached hydrogens (tertiary/aromatic N) is 4. The van der Waals surface area contributed by atoms with Gasteiger partial charge in [0.1, 0.15) is 5.82 Å². The number of halogens is 2. The van der Waals surface area contributed by atoms with Gasteiger partial charge in [0.05, 0.1) is 0 Å². The summed E-state index contributed by atoms with van der Waals surface area (Å²) in [7, 11) is 0. The van der Waals surface area contributed by atoms with Crippen LogP contribution in [0.25, 0.3) is 0 Å². The number of aromatic nitrogens is 4. The summed E-state index contributed by atoms with van der Waals surface area (Å²) in [5, 5.41) is 15.6. The Balaban J connectivity index is 1.84. The number of hydrogen-bond donors (Lipinski definition) is 1. The number of benzene rings is 2. The first kappa shape index (κ1) is 16.4. The zero-order valence-corrected chi connectivity index (χ0v) is 15.4. The third-order valence-corrected chi connectivity index (χ3v) is 5.28. The molecule has 3 aromatic rings. The predicted octanol–water partition coefficient (Wildman–Crippen LogP) is 4.53. The van der Waals surface area contributed by atoms with E-state index >= 15 is 0 Å². The van der Waals surface area contributed by atoms with Crippen LogP contribution in [0.3, 0.4) is 0 Å². The van der Waals surface area contributed by atoms with Gasteiger partial charge in [0.15, 0.2) is 0 Å². The number of rotatable bonds is 3. The van der Waals surface area contributed by atoms with E-state index in [9.17, 15) is 0 Å². The first-order chi connectivity index (χ1) is 12.0. The van der Waals surface area contributed by atoms with E-state index in [4.69, 9.17) is 23.2 Å². The number of anilines is 2. The molecule has 1 aliphatic heterocycles. The van der Waals surface area contributed by atoms with E-state index in [1.807, 2.05) is 24.3 Å². The Labute approximate surface area is 156 Å². The number of H-pyrrole nitrogens is 1. The van der Waals surface area contributed by atoms with E-state index in [0.717, 1.165) is 33.8 Å². The molecule has 2 heterocycles. The van der Waals surface area contributed by atoms with E-state index in [0.29, 0.717) is 6.42 Å². The van der Waals surface area contributed by atoms with Crippen molar-refractivity contribution in [3.8, 4) is 0 Å². The third kappa shape index (κ3) is 2.77. The van der Waals surface area contributed by atoms with Crippen LogP contribution in [0.2, 0.25) is 10.0 Å². The summed E-state index contributed by atoms with van der Waals surface area (Å²) < 4.78 is 0. The van der Waals surface area contributed by atoms with Gasteiger partial charge in [-0.1, -0.05) is 37.0 Å². The number of tetrazole rings is 1. The van der Waals surface area contributed by atoms with E-state index in [-0.39, 0.29) is 5.41 Å². The minimum Gasteiger partial charge on any atom is -0.341 e. The molecule has 1 aliphatic rings. The molecule has 0 atom stereocenters. The molecule has 0 fully saturated rings. The molecule has 1 N–H and O–H groups in total. The van der Waals surface area contributed by atoms with Crippen molar-refractivity contribution in [3.63, 3.8) is 0 Å². The number of nitrogens with one attached hydrogen (secondary N) is 1. The first-order valence-corrected chi connectivity index (χ1v) is 8.82. The standard InChI is InChI=1S/C18H17Cl2N5/c1-18(2)13-9-11(19)3-5-15(13)25(8-7-17-21-23-24-22-17)16-6-4-12(20)10-14(16)18/h3-6,9-10H,7-8H2,1-2H3,(H,21,22,23,24). The van der Waals surface area contributed by atoms with Gasteiger partial charge in [0.25, 0.3) is 0 Å². The lowest BCUT2D eigenvalue weighted by Gasteiger charge is -2.42. The van der Waals surface area contributed by atoms with Crippen molar-refractivity contribution in [3.05, 3.63) is 63.4 Å². The molecule has 2 aromatic carbocycles. The highest BCUT2D eigenvalue weighted by atomic mass is 35.5. The summed E-state index contributed by atoms with van der Waals surface area (Å²) in [5.41, 5.74) is 4.48. The van der Waals surface area contributed by atoms with Gasteiger partial charge in [-0.05, 0) is 58.0 Å². The molecular formula is C18H17Cl2N5. The summed E-state index contributed by atoms with van der Waals surface area (Å²) in [6.07, 6.45) is 0.706. The van der Waals surface area contributed by atoms with Crippen molar-refractivity contribution in [2.45, 2.75) is 25.7 Å². The molecule has 1 aromatic heterocycles. The van der Waals surface area contributed by atoms with Crippen molar-refractivity contribution in [2.75, 3.05) is 11.4 Å². The van der Waals surface area contributed by atoms with Crippen molar-refractivity contribution < 1.29 is 0 Å². The molecule has 0 amide bonds. The second-order valence-electron chi connectivity index (χ2n) is 6.70. The van der Waals surface area contributed by atoms with Gasteiger partial charge in [-0.2, -0.15) is 0 Å². The molecule has 0 aliphatic carbocycles. The maximum absolute atomic E-state index is 6.29. The molecule has 7 heteroatoms. The zero-order valence-electron chi connectivity index (χ0n) is 13.9. The van der Waals surface area contributed by atoms with Crippen LogP contribution in [0.4, 0.5) is 11.4 Å². The van der Waals surface area contributed by atoms with Crippen LogP contribution in [0.5, 0.6) is 0 Å². The Kier molecular flexibility index (Phi) is 3.93. The molecule has 5 nitrogen and oxygen atoms in total. The monoisotopic (exact) mass is 373 g/mol. The Bertz CT molecular complexity index is 866. The topological polar surface area (TPSA) is 57.7 Å². The highest BCUT2D eigenvalue weighted by molar-refractivity contribution is 6.31. The lowest BCUT2D eigenvalue weighted by atomic mass is 9.73. The fourth-order valence-electron chi connectivity index (χ4n) is 3.51. The van der Waals surface area contributed by atoms with Crippen LogP contribution in [0, 0.1) is 0 Å². The van der Waals surface area contributed by atoms with Gasteiger partial charge in [0.2, 0.25) is 0 Å². The van der Waals surface area contributed by atoms with Crippen LogP contribution in [0.15, 0.2) is 36.4 Å². The first-order valence-electron chi connectivity index (χ1n) is 8.07. The van der Waals surface area contributed by atoms with Crippen LogP contribution in [-0.2, 0) is 11.8 Å². The van der Waals surface area contributed by atoms with Gasteiger partial charge < -0.3 is 4.90 Å². The molecule has 0 spiro atoms. The van der Waals surface area contributed by atoms with Crippen molar-refractivity contribution >= 4 is 34.6 Å². The third-order valence-electron chi connectivity index (χ3n) is 4.81. The maximum atomic E-state index is 6.29. The van der Waals surface area contributed by atoms with Gasteiger partial charge in [-0.3, -0.25) is 0 Å². The van der Waals surface area contributed by atoms with Crippen LogP contribution < -0.4 is 4.90 Å². The van der Waals surface area contributed by atoms with Gasteiger partial charge in [0, 0.05) is 39.8 Å². The summed E-state index contributed by atoms with van der Waals surface area (Å²) in [6, 6.07) is 12.1. The van der Waals surface area contributed by atoms with E-state index < -0.39 is 0 Å². The molecule has 0 saturated carbocycles.